The summed E-state index contributed by atoms with van der Waals surface area (Å²) in [4.78, 5) is 42.2. The molecule has 0 saturated carbocycles. The van der Waals surface area contributed by atoms with Gasteiger partial charge >= 0.3 is 5.69 Å². The van der Waals surface area contributed by atoms with Gasteiger partial charge in [-0.05, 0) is 12.1 Å². The predicted molar refractivity (Wildman–Crippen MR) is 76.4 cm³/mol. The molecule has 0 aliphatic carbocycles. The quantitative estimate of drug-likeness (QED) is 0.608. The van der Waals surface area contributed by atoms with E-state index in [-0.39, 0.29) is 0 Å². The molecule has 1 amide bonds. The third-order valence-electron chi connectivity index (χ3n) is 3.67. The average Bonchev–Trinajstić information content (AvgIpc) is 3.04. The van der Waals surface area contributed by atoms with Crippen LogP contribution in [0.2, 0.25) is 0 Å². The Labute approximate surface area is 117 Å². The second-order valence-electron chi connectivity index (χ2n) is 4.85. The van der Waals surface area contributed by atoms with Gasteiger partial charge < -0.3 is 10.3 Å². The number of fused-ring (bicyclic) bond motifs is 2. The number of nitrogens with zero attached hydrogens (tertiary/aromatic N) is 1. The molecule has 2 aromatic heterocycles. The molecule has 0 bridgehead atoms. The van der Waals surface area contributed by atoms with E-state index >= 15 is 0 Å². The molecule has 1 atom stereocenters. The van der Waals surface area contributed by atoms with Crippen LogP contribution in [0.25, 0.3) is 11.0 Å². The first kappa shape index (κ1) is 11.7. The van der Waals surface area contributed by atoms with Gasteiger partial charge in [-0.3, -0.25) is 14.6 Å². The fourth-order valence-electron chi connectivity index (χ4n) is 2.72. The number of aromatic nitrogens is 3. The largest absolute Gasteiger partial charge is 0.347 e. The van der Waals surface area contributed by atoms with E-state index in [2.05, 4.69) is 15.3 Å². The van der Waals surface area contributed by atoms with Gasteiger partial charge in [0.05, 0.1) is 5.39 Å². The van der Waals surface area contributed by atoms with E-state index in [9.17, 15) is 14.4 Å². The molecule has 0 fully saturated rings. The highest BCUT2D eigenvalue weighted by Crippen LogP contribution is 2.31. The highest BCUT2D eigenvalue weighted by molar-refractivity contribution is 6.02. The van der Waals surface area contributed by atoms with Gasteiger partial charge in [-0.25, -0.2) is 9.36 Å². The molecular weight excluding hydrogens is 272 g/mol. The van der Waals surface area contributed by atoms with E-state index in [1.165, 1.54) is 0 Å². The van der Waals surface area contributed by atoms with Gasteiger partial charge in [0.2, 0.25) is 0 Å². The zero-order valence-corrected chi connectivity index (χ0v) is 10.7. The summed E-state index contributed by atoms with van der Waals surface area (Å²) in [5.41, 5.74) is 0.476. The molecule has 3 heterocycles. The Morgan fingerprint density at radius 3 is 2.71 bits per heavy atom. The Bertz CT molecular complexity index is 995. The Balaban J connectivity index is 2.05. The maximum atomic E-state index is 12.5. The van der Waals surface area contributed by atoms with E-state index in [0.717, 1.165) is 4.57 Å². The summed E-state index contributed by atoms with van der Waals surface area (Å²) in [6.07, 6.45) is 1.56. The Kier molecular flexibility index (Phi) is 2.20. The molecule has 1 aromatic carbocycles. The number of carbonyl (C=O) groups excluding carboxylic acids is 1. The summed E-state index contributed by atoms with van der Waals surface area (Å²) in [5.74, 6) is -0.390. The monoisotopic (exact) mass is 282 g/mol. The first-order valence-corrected chi connectivity index (χ1v) is 6.38. The van der Waals surface area contributed by atoms with Crippen LogP contribution in [0.5, 0.6) is 0 Å². The first-order chi connectivity index (χ1) is 10.2. The molecule has 3 N–H and O–H groups in total. The van der Waals surface area contributed by atoms with Crippen molar-refractivity contribution in [1.29, 1.82) is 0 Å². The van der Waals surface area contributed by atoms with E-state index in [0.29, 0.717) is 22.3 Å². The summed E-state index contributed by atoms with van der Waals surface area (Å²) >= 11 is 0. The average molecular weight is 282 g/mol. The molecule has 7 nitrogen and oxygen atoms in total. The summed E-state index contributed by atoms with van der Waals surface area (Å²) in [6, 6.07) is 7.64. The molecule has 3 aromatic rings. The maximum absolute atomic E-state index is 12.5. The standard InChI is InChI=1S/C14H10N4O3/c19-12-10(7-3-1-2-4-9(7)16-12)18-13(20)8-5-6-15-11(8)17-14(18)21/h1-6,10,15H,(H,16,19)(H,17,21). The predicted octanol–water partition coefficient (Wildman–Crippen LogP) is 0.559. The van der Waals surface area contributed by atoms with Crippen molar-refractivity contribution >= 4 is 22.6 Å². The number of para-hydroxylation sites is 1. The second-order valence-corrected chi connectivity index (χ2v) is 4.85. The number of nitrogens with one attached hydrogen (secondary N) is 3. The van der Waals surface area contributed by atoms with Gasteiger partial charge in [-0.2, -0.15) is 0 Å². The Hall–Kier alpha value is -3.09. The van der Waals surface area contributed by atoms with Gasteiger partial charge in [-0.15, -0.1) is 0 Å². The normalized spacial score (nSPS) is 17.0. The lowest BCUT2D eigenvalue weighted by molar-refractivity contribution is -0.117. The van der Waals surface area contributed by atoms with Crippen molar-refractivity contribution in [2.24, 2.45) is 0 Å². The van der Waals surface area contributed by atoms with E-state index in [4.69, 9.17) is 0 Å². The van der Waals surface area contributed by atoms with Crippen molar-refractivity contribution in [2.45, 2.75) is 6.04 Å². The molecular formula is C14H10N4O3. The number of hydrogen-bond acceptors (Lipinski definition) is 3. The Morgan fingerprint density at radius 2 is 1.86 bits per heavy atom. The van der Waals surface area contributed by atoms with Crippen molar-refractivity contribution in [3.05, 3.63) is 62.9 Å². The summed E-state index contributed by atoms with van der Waals surface area (Å²) in [6.45, 7) is 0. The summed E-state index contributed by atoms with van der Waals surface area (Å²) in [7, 11) is 0. The molecule has 104 valence electrons. The van der Waals surface area contributed by atoms with Crippen LogP contribution in [0.15, 0.2) is 46.1 Å². The third kappa shape index (κ3) is 1.51. The van der Waals surface area contributed by atoms with Gasteiger partial charge in [0, 0.05) is 17.4 Å². The van der Waals surface area contributed by atoms with Gasteiger partial charge in [0.1, 0.15) is 11.7 Å². The smallest absolute Gasteiger partial charge is 0.330 e. The van der Waals surface area contributed by atoms with Crippen LogP contribution in [0.3, 0.4) is 0 Å². The number of anilines is 1. The van der Waals surface area contributed by atoms with E-state index in [1.807, 2.05) is 0 Å². The molecule has 1 aliphatic heterocycles. The zero-order valence-electron chi connectivity index (χ0n) is 10.7. The first-order valence-electron chi connectivity index (χ1n) is 6.38. The fraction of sp³-hybridized carbons (Fsp3) is 0.0714. The minimum atomic E-state index is -0.947. The lowest BCUT2D eigenvalue weighted by Crippen LogP contribution is -2.40. The number of rotatable bonds is 1. The van der Waals surface area contributed by atoms with Crippen molar-refractivity contribution < 1.29 is 4.79 Å². The number of amides is 1. The zero-order chi connectivity index (χ0) is 14.6. The minimum Gasteiger partial charge on any atom is -0.347 e. The summed E-state index contributed by atoms with van der Waals surface area (Å²) < 4.78 is 0.956. The van der Waals surface area contributed by atoms with Crippen LogP contribution in [0, 0.1) is 0 Å². The number of H-pyrrole nitrogens is 2. The van der Waals surface area contributed by atoms with Crippen LogP contribution in [-0.4, -0.2) is 20.4 Å². The number of benzene rings is 1. The van der Waals surface area contributed by atoms with E-state index in [1.54, 1.807) is 36.5 Å². The van der Waals surface area contributed by atoms with Crippen molar-refractivity contribution in [3.8, 4) is 0 Å². The SMILES string of the molecule is O=C1Nc2ccccc2C1n1c(=O)[nH]c2[nH]ccc2c1=O. The highest BCUT2D eigenvalue weighted by Gasteiger charge is 2.34. The highest BCUT2D eigenvalue weighted by atomic mass is 16.2. The van der Waals surface area contributed by atoms with Gasteiger partial charge in [0.25, 0.3) is 11.5 Å². The van der Waals surface area contributed by atoms with Gasteiger partial charge in [0.15, 0.2) is 0 Å². The minimum absolute atomic E-state index is 0.340. The lowest BCUT2D eigenvalue weighted by Gasteiger charge is -2.11. The molecule has 1 unspecified atom stereocenters. The lowest BCUT2D eigenvalue weighted by atomic mass is 10.1. The fourth-order valence-corrected chi connectivity index (χ4v) is 2.72. The topological polar surface area (TPSA) is 99.8 Å². The molecule has 21 heavy (non-hydrogen) atoms. The van der Waals surface area contributed by atoms with Crippen molar-refractivity contribution in [2.75, 3.05) is 5.32 Å². The van der Waals surface area contributed by atoms with Crippen LogP contribution in [0.1, 0.15) is 11.6 Å². The molecule has 1 aliphatic rings. The number of hydrogen-bond donors (Lipinski definition) is 3. The van der Waals surface area contributed by atoms with Crippen LogP contribution in [0.4, 0.5) is 5.69 Å². The van der Waals surface area contributed by atoms with Crippen molar-refractivity contribution in [3.63, 3.8) is 0 Å². The third-order valence-corrected chi connectivity index (χ3v) is 3.67. The van der Waals surface area contributed by atoms with Crippen LogP contribution < -0.4 is 16.6 Å². The van der Waals surface area contributed by atoms with Crippen LogP contribution in [-0.2, 0) is 4.79 Å². The number of aromatic amines is 2. The number of carbonyl (C=O) groups is 1. The Morgan fingerprint density at radius 1 is 1.05 bits per heavy atom. The van der Waals surface area contributed by atoms with E-state index < -0.39 is 23.2 Å². The maximum Gasteiger partial charge on any atom is 0.330 e. The van der Waals surface area contributed by atoms with Gasteiger partial charge in [-0.1, -0.05) is 18.2 Å². The molecule has 0 spiro atoms. The molecule has 4 rings (SSSR count). The summed E-state index contributed by atoms with van der Waals surface area (Å²) in [5, 5.41) is 3.02. The van der Waals surface area contributed by atoms with Crippen molar-refractivity contribution in [1.82, 2.24) is 14.5 Å². The molecule has 0 radical (unpaired) electrons. The molecule has 0 saturated heterocycles. The molecule has 7 heteroatoms. The second kappa shape index (κ2) is 3.95. The van der Waals surface area contributed by atoms with Crippen LogP contribution >= 0.6 is 0 Å².